The molecule has 0 spiro atoms. The molecule has 7 nitrogen and oxygen atoms in total. The first kappa shape index (κ1) is 24.7. The van der Waals surface area contributed by atoms with Crippen LogP contribution in [0.4, 0.5) is 11.4 Å². The van der Waals surface area contributed by atoms with Gasteiger partial charge in [-0.1, -0.05) is 29.3 Å². The molecular formula is C23H22Cl2N2O5S. The van der Waals surface area contributed by atoms with Crippen LogP contribution in [-0.4, -0.2) is 28.5 Å². The van der Waals surface area contributed by atoms with Crippen molar-refractivity contribution in [3.05, 3.63) is 75.3 Å². The van der Waals surface area contributed by atoms with Crippen molar-refractivity contribution in [1.29, 1.82) is 0 Å². The Hall–Kier alpha value is -2.94. The van der Waals surface area contributed by atoms with Gasteiger partial charge in [0.1, 0.15) is 16.4 Å². The molecule has 3 aromatic carbocycles. The third kappa shape index (κ3) is 5.52. The van der Waals surface area contributed by atoms with Crippen molar-refractivity contribution in [3.63, 3.8) is 0 Å². The van der Waals surface area contributed by atoms with E-state index in [-0.39, 0.29) is 15.5 Å². The number of sulfonamides is 1. The monoisotopic (exact) mass is 508 g/mol. The van der Waals surface area contributed by atoms with Gasteiger partial charge in [-0.3, -0.25) is 9.52 Å². The second-order valence-electron chi connectivity index (χ2n) is 7.19. The van der Waals surface area contributed by atoms with Crippen molar-refractivity contribution in [3.8, 4) is 11.5 Å². The summed E-state index contributed by atoms with van der Waals surface area (Å²) >= 11 is 12.3. The number of benzene rings is 3. The summed E-state index contributed by atoms with van der Waals surface area (Å²) in [5, 5.41) is 2.97. The largest absolute Gasteiger partial charge is 0.495 e. The summed E-state index contributed by atoms with van der Waals surface area (Å²) in [5.41, 5.74) is 2.74. The maximum absolute atomic E-state index is 13.0. The second-order valence-corrected chi connectivity index (χ2v) is 9.66. The van der Waals surface area contributed by atoms with Crippen molar-refractivity contribution in [2.45, 2.75) is 18.7 Å². The Morgan fingerprint density at radius 3 is 2.18 bits per heavy atom. The minimum Gasteiger partial charge on any atom is -0.495 e. The molecule has 0 atom stereocenters. The molecule has 3 aromatic rings. The Bertz CT molecular complexity index is 1330. The number of amides is 1. The van der Waals surface area contributed by atoms with Gasteiger partial charge in [-0.15, -0.1) is 0 Å². The molecule has 0 aliphatic rings. The fraction of sp³-hybridized carbons (Fsp3) is 0.174. The highest BCUT2D eigenvalue weighted by Crippen LogP contribution is 2.36. The number of hydrogen-bond donors (Lipinski definition) is 2. The highest BCUT2D eigenvalue weighted by molar-refractivity contribution is 7.92. The average Bonchev–Trinajstić information content (AvgIpc) is 2.77. The van der Waals surface area contributed by atoms with Crippen molar-refractivity contribution in [2.75, 3.05) is 24.3 Å². The average molecular weight is 509 g/mol. The van der Waals surface area contributed by atoms with Crippen LogP contribution in [0.3, 0.4) is 0 Å². The maximum Gasteiger partial charge on any atom is 0.263 e. The molecule has 0 bridgehead atoms. The van der Waals surface area contributed by atoms with Gasteiger partial charge in [-0.2, -0.15) is 0 Å². The number of aryl methyl sites for hydroxylation is 2. The van der Waals surface area contributed by atoms with Crippen LogP contribution in [0.15, 0.2) is 53.4 Å². The third-order valence-electron chi connectivity index (χ3n) is 4.96. The van der Waals surface area contributed by atoms with E-state index in [1.165, 1.54) is 44.6 Å². The molecule has 0 aliphatic heterocycles. The molecule has 33 heavy (non-hydrogen) atoms. The highest BCUT2D eigenvalue weighted by Gasteiger charge is 2.21. The lowest BCUT2D eigenvalue weighted by Crippen LogP contribution is -2.17. The van der Waals surface area contributed by atoms with Gasteiger partial charge in [0, 0.05) is 23.4 Å². The summed E-state index contributed by atoms with van der Waals surface area (Å²) in [6.07, 6.45) is 0. The SMILES string of the molecule is COc1cc(NC(=O)c2ccc(Cl)c(S(=O)(=O)Nc3ccc(C)c(C)c3)c2)c(OC)cc1Cl. The first-order valence-corrected chi connectivity index (χ1v) is 11.9. The Morgan fingerprint density at radius 2 is 1.55 bits per heavy atom. The van der Waals surface area contributed by atoms with E-state index in [4.69, 9.17) is 32.7 Å². The van der Waals surface area contributed by atoms with Crippen molar-refractivity contribution in [2.24, 2.45) is 0 Å². The Labute approximate surface area is 202 Å². The smallest absolute Gasteiger partial charge is 0.263 e. The fourth-order valence-electron chi connectivity index (χ4n) is 3.02. The number of rotatable bonds is 7. The van der Waals surface area contributed by atoms with Crippen LogP contribution >= 0.6 is 23.2 Å². The van der Waals surface area contributed by atoms with Crippen LogP contribution in [0.1, 0.15) is 21.5 Å². The quantitative estimate of drug-likeness (QED) is 0.428. The van der Waals surface area contributed by atoms with E-state index in [0.29, 0.717) is 27.9 Å². The van der Waals surface area contributed by atoms with Gasteiger partial charge in [-0.05, 0) is 55.3 Å². The molecular weight excluding hydrogens is 487 g/mol. The normalized spacial score (nSPS) is 11.1. The van der Waals surface area contributed by atoms with Gasteiger partial charge in [-0.25, -0.2) is 8.42 Å². The summed E-state index contributed by atoms with van der Waals surface area (Å²) in [5.74, 6) is 0.0778. The lowest BCUT2D eigenvalue weighted by molar-refractivity contribution is 0.102. The van der Waals surface area contributed by atoms with Gasteiger partial charge in [0.15, 0.2) is 0 Å². The zero-order chi connectivity index (χ0) is 24.3. The predicted octanol–water partition coefficient (Wildman–Crippen LogP) is 5.68. The minimum absolute atomic E-state index is 0.0198. The lowest BCUT2D eigenvalue weighted by Gasteiger charge is -2.14. The molecule has 2 N–H and O–H groups in total. The van der Waals surface area contributed by atoms with Gasteiger partial charge in [0.25, 0.3) is 15.9 Å². The summed E-state index contributed by atoms with van der Waals surface area (Å²) in [6, 6.07) is 12.2. The number of hydrogen-bond acceptors (Lipinski definition) is 5. The zero-order valence-corrected chi connectivity index (χ0v) is 20.7. The van der Waals surface area contributed by atoms with Crippen molar-refractivity contribution < 1.29 is 22.7 Å². The first-order valence-electron chi connectivity index (χ1n) is 9.68. The number of carbonyl (C=O) groups excluding carboxylic acids is 1. The second kappa shape index (κ2) is 9.91. The topological polar surface area (TPSA) is 93.7 Å². The number of ether oxygens (including phenoxy) is 2. The first-order chi connectivity index (χ1) is 15.6. The van der Waals surface area contributed by atoms with E-state index < -0.39 is 15.9 Å². The van der Waals surface area contributed by atoms with E-state index in [0.717, 1.165) is 11.1 Å². The summed E-state index contributed by atoms with van der Waals surface area (Å²) in [7, 11) is -1.18. The predicted molar refractivity (Wildman–Crippen MR) is 131 cm³/mol. The summed E-state index contributed by atoms with van der Waals surface area (Å²) < 4.78 is 38.9. The molecule has 0 saturated heterocycles. The zero-order valence-electron chi connectivity index (χ0n) is 18.3. The van der Waals surface area contributed by atoms with Gasteiger partial charge >= 0.3 is 0 Å². The Morgan fingerprint density at radius 1 is 0.848 bits per heavy atom. The molecule has 3 rings (SSSR count). The summed E-state index contributed by atoms with van der Waals surface area (Å²) in [6.45, 7) is 3.81. The van der Waals surface area contributed by atoms with Crippen LogP contribution in [0.25, 0.3) is 0 Å². The maximum atomic E-state index is 13.0. The fourth-order valence-corrected chi connectivity index (χ4v) is 4.83. The third-order valence-corrected chi connectivity index (χ3v) is 7.12. The van der Waals surface area contributed by atoms with Crippen LogP contribution < -0.4 is 19.5 Å². The Kier molecular flexibility index (Phi) is 7.41. The summed E-state index contributed by atoms with van der Waals surface area (Å²) in [4.78, 5) is 12.7. The number of halogens is 2. The van der Waals surface area contributed by atoms with E-state index >= 15 is 0 Å². The molecule has 0 fully saturated rings. The van der Waals surface area contributed by atoms with Gasteiger partial charge in [0.05, 0.1) is 30.0 Å². The van der Waals surface area contributed by atoms with Crippen LogP contribution in [-0.2, 0) is 10.0 Å². The van der Waals surface area contributed by atoms with Crippen molar-refractivity contribution >= 4 is 50.5 Å². The Balaban J connectivity index is 1.92. The molecule has 0 aromatic heterocycles. The number of methoxy groups -OCH3 is 2. The standard InChI is InChI=1S/C23H22Cl2N2O5S/c1-13-5-7-16(9-14(13)2)27-33(29,30)22-10-15(6-8-17(22)24)23(28)26-19-12-20(31-3)18(25)11-21(19)32-4/h5-12,27H,1-4H3,(H,26,28). The van der Waals surface area contributed by atoms with Gasteiger partial charge in [0.2, 0.25) is 0 Å². The lowest BCUT2D eigenvalue weighted by atomic mass is 10.1. The minimum atomic E-state index is -4.06. The van der Waals surface area contributed by atoms with Crippen LogP contribution in [0, 0.1) is 13.8 Å². The van der Waals surface area contributed by atoms with Crippen molar-refractivity contribution in [1.82, 2.24) is 0 Å². The number of nitrogens with one attached hydrogen (secondary N) is 2. The molecule has 0 unspecified atom stereocenters. The molecule has 0 heterocycles. The number of carbonyl (C=O) groups is 1. The molecule has 1 amide bonds. The van der Waals surface area contributed by atoms with Crippen LogP contribution in [0.5, 0.6) is 11.5 Å². The highest BCUT2D eigenvalue weighted by atomic mass is 35.5. The molecule has 0 aliphatic carbocycles. The van der Waals surface area contributed by atoms with E-state index in [2.05, 4.69) is 10.0 Å². The molecule has 10 heteroatoms. The molecule has 0 saturated carbocycles. The van der Waals surface area contributed by atoms with E-state index in [9.17, 15) is 13.2 Å². The molecule has 174 valence electrons. The number of anilines is 2. The molecule has 0 radical (unpaired) electrons. The van der Waals surface area contributed by atoms with E-state index in [1.54, 1.807) is 12.1 Å². The van der Waals surface area contributed by atoms with Gasteiger partial charge < -0.3 is 14.8 Å². The van der Waals surface area contributed by atoms with E-state index in [1.807, 2.05) is 19.9 Å². The van der Waals surface area contributed by atoms with Crippen LogP contribution in [0.2, 0.25) is 10.0 Å².